The lowest BCUT2D eigenvalue weighted by Gasteiger charge is -2.18. The van der Waals surface area contributed by atoms with Gasteiger partial charge in [-0.3, -0.25) is 0 Å². The zero-order valence-electron chi connectivity index (χ0n) is 9.95. The topological polar surface area (TPSA) is 46.5 Å². The number of fused-ring (bicyclic) bond motifs is 1. The number of nitrogens with zero attached hydrogens (tertiary/aromatic N) is 3. The minimum Gasteiger partial charge on any atom is -0.345 e. The van der Waals surface area contributed by atoms with E-state index in [4.69, 9.17) is 0 Å². The molecular weight excluding hydrogens is 224 g/mol. The number of hydrogen-bond donors (Lipinski definition) is 1. The Labute approximate surface area is 105 Å². The van der Waals surface area contributed by atoms with Crippen molar-refractivity contribution in [3.63, 3.8) is 0 Å². The number of aromatic nitrogens is 4. The highest BCUT2D eigenvalue weighted by Gasteiger charge is 2.33. The van der Waals surface area contributed by atoms with Gasteiger partial charge in [-0.15, -0.1) is 0 Å². The average molecular weight is 238 g/mol. The maximum absolute atomic E-state index is 4.27. The normalized spacial score (nSPS) is 17.1. The number of aromatic amines is 1. The molecule has 0 amide bonds. The van der Waals surface area contributed by atoms with E-state index in [0.717, 1.165) is 17.0 Å². The predicted molar refractivity (Wildman–Crippen MR) is 69.2 cm³/mol. The van der Waals surface area contributed by atoms with Crippen LogP contribution in [0.5, 0.6) is 0 Å². The van der Waals surface area contributed by atoms with Crippen molar-refractivity contribution >= 4 is 11.0 Å². The number of H-pyrrole nitrogens is 1. The van der Waals surface area contributed by atoms with Crippen LogP contribution >= 0.6 is 0 Å². The number of hydrogen-bond acceptors (Lipinski definition) is 2. The van der Waals surface area contributed by atoms with Gasteiger partial charge in [0.05, 0.1) is 29.7 Å². The summed E-state index contributed by atoms with van der Waals surface area (Å²) in [7, 11) is 0. The molecule has 1 aliphatic rings. The summed E-state index contributed by atoms with van der Waals surface area (Å²) < 4.78 is 2.22. The molecule has 1 saturated carbocycles. The van der Waals surface area contributed by atoms with Crippen LogP contribution in [-0.2, 0) is 0 Å². The van der Waals surface area contributed by atoms with Crippen molar-refractivity contribution in [2.24, 2.45) is 5.92 Å². The van der Waals surface area contributed by atoms with E-state index >= 15 is 0 Å². The lowest BCUT2D eigenvalue weighted by Crippen LogP contribution is -2.10. The Hall–Kier alpha value is -2.10. The Morgan fingerprint density at radius 2 is 2.28 bits per heavy atom. The van der Waals surface area contributed by atoms with E-state index in [9.17, 15) is 0 Å². The van der Waals surface area contributed by atoms with Gasteiger partial charge < -0.3 is 9.55 Å². The molecule has 0 aliphatic heterocycles. The first-order chi connectivity index (χ1) is 8.92. The molecule has 1 aliphatic carbocycles. The maximum atomic E-state index is 4.27. The number of benzene rings is 1. The van der Waals surface area contributed by atoms with E-state index in [2.05, 4.69) is 43.9 Å². The molecule has 1 fully saturated rings. The number of nitrogens with one attached hydrogen (secondary N) is 1. The first kappa shape index (κ1) is 9.88. The van der Waals surface area contributed by atoms with E-state index in [1.165, 1.54) is 18.4 Å². The Morgan fingerprint density at radius 3 is 3.06 bits per heavy atom. The highest BCUT2D eigenvalue weighted by atomic mass is 15.1. The summed E-state index contributed by atoms with van der Waals surface area (Å²) in [5.41, 5.74) is 3.48. The molecule has 1 N–H and O–H groups in total. The largest absolute Gasteiger partial charge is 0.345 e. The average Bonchev–Trinajstić information content (AvgIpc) is 2.91. The molecule has 4 nitrogen and oxygen atoms in total. The minimum absolute atomic E-state index is 0.417. The first-order valence-corrected chi connectivity index (χ1v) is 6.32. The molecule has 0 radical (unpaired) electrons. The molecule has 1 atom stereocenters. The highest BCUT2D eigenvalue weighted by molar-refractivity contribution is 5.75. The van der Waals surface area contributed by atoms with Crippen LogP contribution < -0.4 is 0 Å². The van der Waals surface area contributed by atoms with E-state index in [1.54, 1.807) is 6.33 Å². The van der Waals surface area contributed by atoms with Crippen LogP contribution in [0.2, 0.25) is 0 Å². The van der Waals surface area contributed by atoms with Crippen molar-refractivity contribution in [2.75, 3.05) is 0 Å². The molecule has 1 unspecified atom stereocenters. The highest BCUT2D eigenvalue weighted by Crippen LogP contribution is 2.43. The quantitative estimate of drug-likeness (QED) is 0.762. The van der Waals surface area contributed by atoms with Crippen LogP contribution in [0.4, 0.5) is 0 Å². The third kappa shape index (κ3) is 1.53. The first-order valence-electron chi connectivity index (χ1n) is 6.32. The Balaban J connectivity index is 1.82. The molecule has 3 aromatic rings. The number of imidazole rings is 2. The number of rotatable bonds is 3. The summed E-state index contributed by atoms with van der Waals surface area (Å²) >= 11 is 0. The van der Waals surface area contributed by atoms with Crippen LogP contribution in [0.25, 0.3) is 11.0 Å². The van der Waals surface area contributed by atoms with Gasteiger partial charge in [0.1, 0.15) is 0 Å². The summed E-state index contributed by atoms with van der Waals surface area (Å²) in [6.07, 6.45) is 10.2. The van der Waals surface area contributed by atoms with Crippen molar-refractivity contribution in [3.05, 3.63) is 48.8 Å². The van der Waals surface area contributed by atoms with Crippen molar-refractivity contribution in [1.82, 2.24) is 19.5 Å². The fourth-order valence-electron chi connectivity index (χ4n) is 2.67. The minimum atomic E-state index is 0.417. The van der Waals surface area contributed by atoms with Crippen LogP contribution in [0.3, 0.4) is 0 Å². The molecule has 1 aromatic carbocycles. The second kappa shape index (κ2) is 3.70. The summed E-state index contributed by atoms with van der Waals surface area (Å²) in [6.45, 7) is 0. The molecule has 4 heteroatoms. The molecule has 4 rings (SSSR count). The molecule has 0 bridgehead atoms. The van der Waals surface area contributed by atoms with Crippen LogP contribution in [-0.4, -0.2) is 19.5 Å². The van der Waals surface area contributed by atoms with Crippen molar-refractivity contribution in [2.45, 2.75) is 18.9 Å². The molecular formula is C14H14N4. The Morgan fingerprint density at radius 1 is 1.33 bits per heavy atom. The third-order valence-corrected chi connectivity index (χ3v) is 3.70. The van der Waals surface area contributed by atoms with E-state index < -0.39 is 0 Å². The molecule has 2 heterocycles. The standard InChI is InChI=1S/C14H14N4/c1-2-10(1)14(18-6-5-15-9-18)11-3-4-12-13(7-11)17-8-16-12/h3-10,14H,1-2H2,(H,16,17). The summed E-state index contributed by atoms with van der Waals surface area (Å²) in [6, 6.07) is 6.91. The van der Waals surface area contributed by atoms with Gasteiger partial charge in [-0.05, 0) is 36.5 Å². The zero-order chi connectivity index (χ0) is 11.9. The van der Waals surface area contributed by atoms with Crippen LogP contribution in [0, 0.1) is 5.92 Å². The third-order valence-electron chi connectivity index (χ3n) is 3.70. The zero-order valence-corrected chi connectivity index (χ0v) is 9.95. The molecule has 0 spiro atoms. The predicted octanol–water partition coefficient (Wildman–Crippen LogP) is 2.76. The van der Waals surface area contributed by atoms with Gasteiger partial charge in [0, 0.05) is 12.4 Å². The van der Waals surface area contributed by atoms with Gasteiger partial charge in [0.15, 0.2) is 0 Å². The Bertz CT molecular complexity index is 664. The molecule has 2 aromatic heterocycles. The summed E-state index contributed by atoms with van der Waals surface area (Å²) in [5, 5.41) is 0. The lowest BCUT2D eigenvalue weighted by molar-refractivity contribution is 0.520. The fraction of sp³-hybridized carbons (Fsp3) is 0.286. The smallest absolute Gasteiger partial charge is 0.0951 e. The van der Waals surface area contributed by atoms with E-state index in [-0.39, 0.29) is 0 Å². The van der Waals surface area contributed by atoms with E-state index in [0.29, 0.717) is 6.04 Å². The monoisotopic (exact) mass is 238 g/mol. The summed E-state index contributed by atoms with van der Waals surface area (Å²) in [5.74, 6) is 0.750. The summed E-state index contributed by atoms with van der Waals surface area (Å²) in [4.78, 5) is 11.6. The fourth-order valence-corrected chi connectivity index (χ4v) is 2.67. The molecule has 90 valence electrons. The van der Waals surface area contributed by atoms with Gasteiger partial charge in [0.25, 0.3) is 0 Å². The van der Waals surface area contributed by atoms with Crippen molar-refractivity contribution in [3.8, 4) is 0 Å². The molecule has 0 saturated heterocycles. The lowest BCUT2D eigenvalue weighted by atomic mass is 10.0. The van der Waals surface area contributed by atoms with Gasteiger partial charge in [-0.25, -0.2) is 9.97 Å². The van der Waals surface area contributed by atoms with Gasteiger partial charge in [-0.2, -0.15) is 0 Å². The van der Waals surface area contributed by atoms with Gasteiger partial charge >= 0.3 is 0 Å². The second-order valence-corrected chi connectivity index (χ2v) is 4.97. The van der Waals surface area contributed by atoms with Gasteiger partial charge in [0.2, 0.25) is 0 Å². The maximum Gasteiger partial charge on any atom is 0.0951 e. The van der Waals surface area contributed by atoms with Crippen molar-refractivity contribution < 1.29 is 0 Å². The van der Waals surface area contributed by atoms with Crippen LogP contribution in [0.15, 0.2) is 43.2 Å². The Kier molecular flexibility index (Phi) is 2.03. The SMILES string of the molecule is c1cn(C(c2ccc3nc[nH]c3c2)C2CC2)cn1. The second-order valence-electron chi connectivity index (χ2n) is 4.97. The van der Waals surface area contributed by atoms with E-state index in [1.807, 2.05) is 12.5 Å². The van der Waals surface area contributed by atoms with Gasteiger partial charge in [-0.1, -0.05) is 6.07 Å². The molecule has 18 heavy (non-hydrogen) atoms. The van der Waals surface area contributed by atoms with Crippen molar-refractivity contribution in [1.29, 1.82) is 0 Å². The van der Waals surface area contributed by atoms with Crippen LogP contribution in [0.1, 0.15) is 24.4 Å².